The van der Waals surface area contributed by atoms with Crippen molar-refractivity contribution < 1.29 is 0 Å². The number of rotatable bonds is 4. The molecule has 90 valence electrons. The maximum atomic E-state index is 6.12. The van der Waals surface area contributed by atoms with E-state index in [9.17, 15) is 0 Å². The van der Waals surface area contributed by atoms with E-state index < -0.39 is 0 Å². The Kier molecular flexibility index (Phi) is 4.46. The van der Waals surface area contributed by atoms with E-state index in [1.54, 1.807) is 11.3 Å². The summed E-state index contributed by atoms with van der Waals surface area (Å²) in [6, 6.07) is 7.68. The van der Waals surface area contributed by atoms with Crippen LogP contribution in [-0.4, -0.2) is 6.04 Å². The summed E-state index contributed by atoms with van der Waals surface area (Å²) < 4.78 is 0. The zero-order valence-electron chi connectivity index (χ0n) is 9.20. The third-order valence-corrected chi connectivity index (χ3v) is 4.05. The Hall–Kier alpha value is -0.540. The van der Waals surface area contributed by atoms with E-state index in [2.05, 4.69) is 16.8 Å². The van der Waals surface area contributed by atoms with Gasteiger partial charge in [-0.15, -0.1) is 0 Å². The van der Waals surface area contributed by atoms with E-state index in [1.807, 2.05) is 18.2 Å². The molecule has 0 radical (unpaired) electrons. The van der Waals surface area contributed by atoms with Crippen LogP contribution in [-0.2, 0) is 12.8 Å². The fourth-order valence-corrected chi connectivity index (χ4v) is 3.01. The molecule has 1 nitrogen and oxygen atoms in total. The van der Waals surface area contributed by atoms with Gasteiger partial charge in [0.1, 0.15) is 0 Å². The molecule has 0 aliphatic carbocycles. The monoisotopic (exact) mass is 285 g/mol. The normalized spacial score (nSPS) is 12.6. The van der Waals surface area contributed by atoms with Crippen LogP contribution in [0.25, 0.3) is 0 Å². The standard InChI is InChI=1S/C13H13Cl2NS/c14-12-2-1-3-13(15)11(12)7-10(16)6-9-4-5-17-8-9/h1-5,8,10H,6-7,16H2. The van der Waals surface area contributed by atoms with Gasteiger partial charge in [0.2, 0.25) is 0 Å². The van der Waals surface area contributed by atoms with Crippen molar-refractivity contribution in [2.75, 3.05) is 0 Å². The van der Waals surface area contributed by atoms with Gasteiger partial charge in [0.25, 0.3) is 0 Å². The minimum Gasteiger partial charge on any atom is -0.327 e. The van der Waals surface area contributed by atoms with Gasteiger partial charge in [-0.05, 0) is 52.9 Å². The highest BCUT2D eigenvalue weighted by Crippen LogP contribution is 2.25. The predicted molar refractivity (Wildman–Crippen MR) is 76.2 cm³/mol. The highest BCUT2D eigenvalue weighted by Gasteiger charge is 2.11. The zero-order valence-corrected chi connectivity index (χ0v) is 11.5. The smallest absolute Gasteiger partial charge is 0.0453 e. The molecule has 0 fully saturated rings. The van der Waals surface area contributed by atoms with Gasteiger partial charge < -0.3 is 5.73 Å². The maximum Gasteiger partial charge on any atom is 0.0453 e. The van der Waals surface area contributed by atoms with E-state index in [-0.39, 0.29) is 6.04 Å². The first kappa shape index (κ1) is 12.9. The molecule has 0 aliphatic heterocycles. The fraction of sp³-hybridized carbons (Fsp3) is 0.231. The summed E-state index contributed by atoms with van der Waals surface area (Å²) in [5.74, 6) is 0. The van der Waals surface area contributed by atoms with Gasteiger partial charge in [-0.3, -0.25) is 0 Å². The van der Waals surface area contributed by atoms with Crippen LogP contribution in [0.1, 0.15) is 11.1 Å². The Morgan fingerprint density at radius 1 is 1.12 bits per heavy atom. The van der Waals surface area contributed by atoms with Crippen molar-refractivity contribution in [3.63, 3.8) is 0 Å². The molecule has 4 heteroatoms. The Balaban J connectivity index is 2.05. The van der Waals surface area contributed by atoms with Crippen molar-refractivity contribution in [1.29, 1.82) is 0 Å². The van der Waals surface area contributed by atoms with Crippen LogP contribution >= 0.6 is 34.5 Å². The number of thiophene rings is 1. The summed E-state index contributed by atoms with van der Waals surface area (Å²) in [5.41, 5.74) is 8.33. The zero-order chi connectivity index (χ0) is 12.3. The lowest BCUT2D eigenvalue weighted by atomic mass is 10.0. The van der Waals surface area contributed by atoms with Crippen molar-refractivity contribution >= 4 is 34.5 Å². The molecule has 2 N–H and O–H groups in total. The molecule has 2 rings (SSSR count). The molecule has 1 aromatic carbocycles. The SMILES string of the molecule is NC(Cc1ccsc1)Cc1c(Cl)cccc1Cl. The summed E-state index contributed by atoms with van der Waals surface area (Å²) in [4.78, 5) is 0. The molecule has 1 heterocycles. The lowest BCUT2D eigenvalue weighted by Gasteiger charge is -2.13. The Morgan fingerprint density at radius 2 is 1.82 bits per heavy atom. The van der Waals surface area contributed by atoms with Crippen molar-refractivity contribution in [2.45, 2.75) is 18.9 Å². The lowest BCUT2D eigenvalue weighted by molar-refractivity contribution is 0.666. The van der Waals surface area contributed by atoms with Crippen molar-refractivity contribution in [3.8, 4) is 0 Å². The summed E-state index contributed by atoms with van der Waals surface area (Å²) in [7, 11) is 0. The molecule has 0 spiro atoms. The second kappa shape index (κ2) is 5.87. The maximum absolute atomic E-state index is 6.12. The summed E-state index contributed by atoms with van der Waals surface area (Å²) in [6.07, 6.45) is 1.55. The van der Waals surface area contributed by atoms with Crippen LogP contribution in [0, 0.1) is 0 Å². The molecule has 0 aliphatic rings. The van der Waals surface area contributed by atoms with E-state index in [0.29, 0.717) is 16.5 Å². The molecule has 2 aromatic rings. The number of halogens is 2. The number of hydrogen-bond donors (Lipinski definition) is 1. The molecule has 0 amide bonds. The van der Waals surface area contributed by atoms with E-state index in [0.717, 1.165) is 12.0 Å². The fourth-order valence-electron chi connectivity index (χ4n) is 1.77. The van der Waals surface area contributed by atoms with Gasteiger partial charge in [0, 0.05) is 16.1 Å². The highest BCUT2D eigenvalue weighted by molar-refractivity contribution is 7.07. The van der Waals surface area contributed by atoms with Crippen LogP contribution in [0.15, 0.2) is 35.0 Å². The first-order chi connectivity index (χ1) is 8.16. The molecule has 0 bridgehead atoms. The number of nitrogens with two attached hydrogens (primary N) is 1. The third kappa shape index (κ3) is 3.46. The largest absolute Gasteiger partial charge is 0.327 e. The van der Waals surface area contributed by atoms with Crippen LogP contribution in [0.4, 0.5) is 0 Å². The average Bonchev–Trinajstić information content (AvgIpc) is 2.76. The third-order valence-electron chi connectivity index (χ3n) is 2.61. The minimum atomic E-state index is 0.0435. The Morgan fingerprint density at radius 3 is 2.41 bits per heavy atom. The van der Waals surface area contributed by atoms with Crippen molar-refractivity contribution in [1.82, 2.24) is 0 Å². The van der Waals surface area contributed by atoms with Gasteiger partial charge in [0.15, 0.2) is 0 Å². The minimum absolute atomic E-state index is 0.0435. The summed E-state index contributed by atoms with van der Waals surface area (Å²) >= 11 is 13.9. The molecule has 17 heavy (non-hydrogen) atoms. The van der Waals surface area contributed by atoms with E-state index in [4.69, 9.17) is 28.9 Å². The number of hydrogen-bond acceptors (Lipinski definition) is 2. The predicted octanol–water partition coefficient (Wildman–Crippen LogP) is 4.17. The summed E-state index contributed by atoms with van der Waals surface area (Å²) in [5, 5.41) is 5.56. The highest BCUT2D eigenvalue weighted by atomic mass is 35.5. The van der Waals surface area contributed by atoms with Gasteiger partial charge in [-0.25, -0.2) is 0 Å². The topological polar surface area (TPSA) is 26.0 Å². The van der Waals surface area contributed by atoms with E-state index >= 15 is 0 Å². The van der Waals surface area contributed by atoms with Gasteiger partial charge in [0.05, 0.1) is 0 Å². The van der Waals surface area contributed by atoms with Crippen molar-refractivity contribution in [2.24, 2.45) is 5.73 Å². The molecular formula is C13H13Cl2NS. The van der Waals surface area contributed by atoms with Gasteiger partial charge in [-0.1, -0.05) is 29.3 Å². The molecule has 1 unspecified atom stereocenters. The molecule has 1 aromatic heterocycles. The average molecular weight is 286 g/mol. The van der Waals surface area contributed by atoms with Crippen LogP contribution in [0.3, 0.4) is 0 Å². The molecule has 1 atom stereocenters. The molecule has 0 saturated carbocycles. The van der Waals surface area contributed by atoms with Gasteiger partial charge >= 0.3 is 0 Å². The van der Waals surface area contributed by atoms with Crippen LogP contribution in [0.2, 0.25) is 10.0 Å². The first-order valence-electron chi connectivity index (χ1n) is 5.36. The number of benzene rings is 1. The first-order valence-corrected chi connectivity index (χ1v) is 7.06. The van der Waals surface area contributed by atoms with Gasteiger partial charge in [-0.2, -0.15) is 11.3 Å². The lowest BCUT2D eigenvalue weighted by Crippen LogP contribution is -2.25. The second-order valence-electron chi connectivity index (χ2n) is 4.00. The molecule has 0 saturated heterocycles. The Bertz CT molecular complexity index is 462. The Labute approximate surface area is 115 Å². The van der Waals surface area contributed by atoms with E-state index in [1.165, 1.54) is 5.56 Å². The van der Waals surface area contributed by atoms with Crippen LogP contribution < -0.4 is 5.73 Å². The second-order valence-corrected chi connectivity index (χ2v) is 5.59. The molecular weight excluding hydrogens is 273 g/mol. The van der Waals surface area contributed by atoms with Crippen molar-refractivity contribution in [3.05, 3.63) is 56.2 Å². The summed E-state index contributed by atoms with van der Waals surface area (Å²) in [6.45, 7) is 0. The van der Waals surface area contributed by atoms with Crippen LogP contribution in [0.5, 0.6) is 0 Å². The quantitative estimate of drug-likeness (QED) is 0.897.